The van der Waals surface area contributed by atoms with Gasteiger partial charge in [0.15, 0.2) is 0 Å². The van der Waals surface area contributed by atoms with Crippen molar-refractivity contribution in [2.45, 2.75) is 83.0 Å². The van der Waals surface area contributed by atoms with Gasteiger partial charge in [-0.25, -0.2) is 0 Å². The molecule has 5 atom stereocenters. The molecule has 0 spiro atoms. The van der Waals surface area contributed by atoms with Crippen LogP contribution in [0.3, 0.4) is 0 Å². The predicted molar refractivity (Wildman–Crippen MR) is 103 cm³/mol. The van der Waals surface area contributed by atoms with Gasteiger partial charge in [-0.3, -0.25) is 4.79 Å². The molecule has 3 N–H and O–H groups in total. The second-order valence-corrected chi connectivity index (χ2v) is 7.26. The van der Waals surface area contributed by atoms with Gasteiger partial charge in [-0.15, -0.1) is 0 Å². The van der Waals surface area contributed by atoms with Crippen molar-refractivity contribution in [2.24, 2.45) is 11.8 Å². The third-order valence-electron chi connectivity index (χ3n) is 5.19. The van der Waals surface area contributed by atoms with E-state index in [4.69, 9.17) is 9.84 Å². The average Bonchev–Trinajstić information content (AvgIpc) is 2.91. The fourth-order valence-electron chi connectivity index (χ4n) is 3.65. The van der Waals surface area contributed by atoms with Crippen LogP contribution in [-0.2, 0) is 9.53 Å². The highest BCUT2D eigenvalue weighted by atomic mass is 16.5. The van der Waals surface area contributed by atoms with Crippen molar-refractivity contribution in [2.75, 3.05) is 7.11 Å². The number of ether oxygens (including phenoxy) is 1. The number of carbonyl (C=O) groups is 1. The number of unbranched alkanes of at least 4 members (excludes halogenated alkanes) is 3. The summed E-state index contributed by atoms with van der Waals surface area (Å²) in [6.07, 6.45) is 13.9. The van der Waals surface area contributed by atoms with Crippen LogP contribution < -0.4 is 0 Å². The van der Waals surface area contributed by atoms with Gasteiger partial charge in [-0.05, 0) is 31.6 Å². The lowest BCUT2D eigenvalue weighted by Crippen LogP contribution is -2.21. The third kappa shape index (κ3) is 8.47. The fourth-order valence-corrected chi connectivity index (χ4v) is 3.65. The Morgan fingerprint density at radius 1 is 1.27 bits per heavy atom. The molecule has 1 fully saturated rings. The van der Waals surface area contributed by atoms with Gasteiger partial charge < -0.3 is 20.1 Å². The Bertz CT molecular complexity index is 446. The molecular formula is C21H36O5. The molecular weight excluding hydrogens is 332 g/mol. The van der Waals surface area contributed by atoms with E-state index in [1.54, 1.807) is 7.11 Å². The maximum absolute atomic E-state index is 10.5. The van der Waals surface area contributed by atoms with E-state index in [9.17, 15) is 15.0 Å². The molecule has 0 aromatic carbocycles. The van der Waals surface area contributed by atoms with Crippen LogP contribution in [0.4, 0.5) is 0 Å². The molecule has 0 bridgehead atoms. The molecule has 0 amide bonds. The molecule has 0 unspecified atom stereocenters. The van der Waals surface area contributed by atoms with Gasteiger partial charge in [-0.1, -0.05) is 50.5 Å². The van der Waals surface area contributed by atoms with Crippen LogP contribution >= 0.6 is 0 Å². The molecule has 1 rings (SSSR count). The van der Waals surface area contributed by atoms with Crippen molar-refractivity contribution in [1.82, 2.24) is 0 Å². The quantitative estimate of drug-likeness (QED) is 0.341. The first kappa shape index (κ1) is 22.9. The van der Waals surface area contributed by atoms with Gasteiger partial charge in [0.25, 0.3) is 0 Å². The zero-order chi connectivity index (χ0) is 19.4. The summed E-state index contributed by atoms with van der Waals surface area (Å²) in [5.74, 6) is -0.617. The molecule has 0 heterocycles. The van der Waals surface area contributed by atoms with E-state index in [0.717, 1.165) is 38.5 Å². The van der Waals surface area contributed by atoms with Crippen molar-refractivity contribution in [1.29, 1.82) is 0 Å². The van der Waals surface area contributed by atoms with Crippen LogP contribution in [0.15, 0.2) is 24.3 Å². The van der Waals surface area contributed by atoms with E-state index in [1.165, 1.54) is 0 Å². The Balaban J connectivity index is 2.54. The molecule has 1 aliphatic carbocycles. The van der Waals surface area contributed by atoms with Gasteiger partial charge in [0.05, 0.1) is 18.3 Å². The lowest BCUT2D eigenvalue weighted by Gasteiger charge is -2.21. The molecule has 0 aromatic rings. The summed E-state index contributed by atoms with van der Waals surface area (Å²) in [7, 11) is 1.67. The topological polar surface area (TPSA) is 87.0 Å². The summed E-state index contributed by atoms with van der Waals surface area (Å²) in [4.78, 5) is 10.5. The summed E-state index contributed by atoms with van der Waals surface area (Å²) >= 11 is 0. The first-order valence-corrected chi connectivity index (χ1v) is 9.93. The molecule has 150 valence electrons. The van der Waals surface area contributed by atoms with Crippen LogP contribution in [0.1, 0.15) is 64.7 Å². The van der Waals surface area contributed by atoms with Crippen LogP contribution in [-0.4, -0.2) is 46.7 Å². The Morgan fingerprint density at radius 2 is 2.04 bits per heavy atom. The third-order valence-corrected chi connectivity index (χ3v) is 5.19. The summed E-state index contributed by atoms with van der Waals surface area (Å²) in [6.45, 7) is 2.14. The van der Waals surface area contributed by atoms with Crippen molar-refractivity contribution in [3.8, 4) is 0 Å². The number of aliphatic hydroxyl groups excluding tert-OH is 2. The maximum atomic E-state index is 10.5. The second kappa shape index (κ2) is 13.1. The Morgan fingerprint density at radius 3 is 2.69 bits per heavy atom. The standard InChI is InChI=1S/C21H36O5/c1-3-4-7-10-16(22)13-14-17-18(20(26-2)15-19(17)23)11-8-5-6-9-12-21(24)25/h5,8,13-14,16-20,22-23H,3-4,6-7,9-12,15H2,1-2H3,(H,24,25)/t16-,17+,18+,19+,20-/m0/s1. The minimum atomic E-state index is -0.764. The number of aliphatic hydroxyl groups is 2. The Labute approximate surface area is 157 Å². The van der Waals surface area contributed by atoms with Crippen LogP contribution in [0, 0.1) is 11.8 Å². The SMILES string of the molecule is CCCCC[C@H](O)C=C[C@@H]1[C@@H](CC=CCCCC(=O)O)[C@@H](OC)C[C@H]1O. The number of aliphatic carboxylic acids is 1. The lowest BCUT2D eigenvalue weighted by atomic mass is 9.89. The highest BCUT2D eigenvalue weighted by Crippen LogP contribution is 2.38. The van der Waals surface area contributed by atoms with Gasteiger partial charge >= 0.3 is 5.97 Å². The van der Waals surface area contributed by atoms with E-state index < -0.39 is 18.2 Å². The Hall–Kier alpha value is -1.17. The highest BCUT2D eigenvalue weighted by Gasteiger charge is 2.40. The zero-order valence-electron chi connectivity index (χ0n) is 16.2. The van der Waals surface area contributed by atoms with E-state index in [0.29, 0.717) is 12.8 Å². The molecule has 5 nitrogen and oxygen atoms in total. The van der Waals surface area contributed by atoms with E-state index in [-0.39, 0.29) is 24.4 Å². The molecule has 0 saturated heterocycles. The van der Waals surface area contributed by atoms with Crippen molar-refractivity contribution in [3.63, 3.8) is 0 Å². The van der Waals surface area contributed by atoms with Gasteiger partial charge in [-0.2, -0.15) is 0 Å². The summed E-state index contributed by atoms with van der Waals surface area (Å²) in [5.41, 5.74) is 0. The van der Waals surface area contributed by atoms with Gasteiger partial charge in [0.1, 0.15) is 0 Å². The maximum Gasteiger partial charge on any atom is 0.303 e. The number of carboxylic acid groups (broad SMARTS) is 1. The van der Waals surface area contributed by atoms with Crippen molar-refractivity contribution >= 4 is 5.97 Å². The van der Waals surface area contributed by atoms with E-state index >= 15 is 0 Å². The van der Waals surface area contributed by atoms with E-state index in [2.05, 4.69) is 13.0 Å². The number of hydrogen-bond acceptors (Lipinski definition) is 4. The van der Waals surface area contributed by atoms with Gasteiger partial charge in [0.2, 0.25) is 0 Å². The molecule has 0 aliphatic heterocycles. The minimum Gasteiger partial charge on any atom is -0.481 e. The number of allylic oxidation sites excluding steroid dienone is 2. The second-order valence-electron chi connectivity index (χ2n) is 7.26. The molecule has 0 radical (unpaired) electrons. The van der Waals surface area contributed by atoms with Crippen LogP contribution in [0.25, 0.3) is 0 Å². The average molecular weight is 369 g/mol. The number of rotatable bonds is 13. The van der Waals surface area contributed by atoms with Crippen molar-refractivity contribution < 1.29 is 24.9 Å². The number of carboxylic acids is 1. The predicted octanol–water partition coefficient (Wildman–Crippen LogP) is 3.70. The molecule has 5 heteroatoms. The molecule has 1 aliphatic rings. The van der Waals surface area contributed by atoms with Crippen LogP contribution in [0.2, 0.25) is 0 Å². The monoisotopic (exact) mass is 368 g/mol. The molecule has 0 aromatic heterocycles. The van der Waals surface area contributed by atoms with Gasteiger partial charge in [0, 0.05) is 25.9 Å². The zero-order valence-corrected chi connectivity index (χ0v) is 16.2. The highest BCUT2D eigenvalue weighted by molar-refractivity contribution is 5.66. The largest absolute Gasteiger partial charge is 0.481 e. The summed E-state index contributed by atoms with van der Waals surface area (Å²) in [6, 6.07) is 0. The summed E-state index contributed by atoms with van der Waals surface area (Å²) in [5, 5.41) is 29.1. The molecule has 26 heavy (non-hydrogen) atoms. The fraction of sp³-hybridized carbons (Fsp3) is 0.762. The van der Waals surface area contributed by atoms with Crippen LogP contribution in [0.5, 0.6) is 0 Å². The smallest absolute Gasteiger partial charge is 0.303 e. The lowest BCUT2D eigenvalue weighted by molar-refractivity contribution is -0.137. The number of methoxy groups -OCH3 is 1. The van der Waals surface area contributed by atoms with Crippen molar-refractivity contribution in [3.05, 3.63) is 24.3 Å². The summed E-state index contributed by atoms with van der Waals surface area (Å²) < 4.78 is 5.55. The first-order chi connectivity index (χ1) is 12.5. The minimum absolute atomic E-state index is 0.000513. The normalized spacial score (nSPS) is 27.5. The Kier molecular flexibility index (Phi) is 11.5. The number of hydrogen-bond donors (Lipinski definition) is 3. The molecule has 1 saturated carbocycles. The first-order valence-electron chi connectivity index (χ1n) is 9.93. The van der Waals surface area contributed by atoms with E-state index in [1.807, 2.05) is 18.2 Å².